The highest BCUT2D eigenvalue weighted by molar-refractivity contribution is 14.1. The summed E-state index contributed by atoms with van der Waals surface area (Å²) >= 11 is 5.68. The Morgan fingerprint density at radius 1 is 1.10 bits per heavy atom. The summed E-state index contributed by atoms with van der Waals surface area (Å²) < 4.78 is 25.6. The number of hydrogen-bond acceptors (Lipinski definition) is 4. The molecule has 0 aliphatic heterocycles. The lowest BCUT2D eigenvalue weighted by Gasteiger charge is -2.48. The van der Waals surface area contributed by atoms with E-state index in [1.54, 1.807) is 22.6 Å². The molecule has 0 saturated carbocycles. The van der Waals surface area contributed by atoms with Crippen LogP contribution in [0.15, 0.2) is 12.2 Å². The molecule has 0 heterocycles. The predicted molar refractivity (Wildman–Crippen MR) is 104 cm³/mol. The van der Waals surface area contributed by atoms with Crippen molar-refractivity contribution < 1.29 is 32.8 Å². The van der Waals surface area contributed by atoms with Crippen LogP contribution in [0, 0.1) is 0 Å². The van der Waals surface area contributed by atoms with Gasteiger partial charge in [0.15, 0.2) is 9.60 Å². The Labute approximate surface area is 168 Å². The number of allylic oxidation sites excluding steroid dienone is 1. The first-order valence-electron chi connectivity index (χ1n) is 4.60. The van der Waals surface area contributed by atoms with E-state index in [9.17, 15) is 32.8 Å². The van der Waals surface area contributed by atoms with E-state index in [-0.39, 0.29) is 0 Å². The lowest BCUT2D eigenvalue weighted by Crippen LogP contribution is -2.71. The summed E-state index contributed by atoms with van der Waals surface area (Å²) in [5, 5.41) is 18.9. The molecular weight excluding hydrogens is 748 g/mol. The molecular formula is C8H6I4O7S. The second-order valence-corrected chi connectivity index (χ2v) is 12.6. The molecule has 0 saturated heterocycles. The van der Waals surface area contributed by atoms with Crippen molar-refractivity contribution >= 4 is 112 Å². The van der Waals surface area contributed by atoms with Gasteiger partial charge < -0.3 is 10.2 Å². The molecule has 1 aliphatic carbocycles. The minimum absolute atomic E-state index is 0.925. The van der Waals surface area contributed by atoms with Crippen LogP contribution in [0.1, 0.15) is 0 Å². The summed E-state index contributed by atoms with van der Waals surface area (Å²) in [6.07, 6.45) is 2.43. The number of carbonyl (C=O) groups is 2. The average molecular weight is 754 g/mol. The molecule has 7 nitrogen and oxygen atoms in total. The van der Waals surface area contributed by atoms with Gasteiger partial charge >= 0.3 is 11.9 Å². The average Bonchev–Trinajstić information content (AvgIpc) is 2.29. The van der Waals surface area contributed by atoms with Crippen molar-refractivity contribution in [3.8, 4) is 0 Å². The van der Waals surface area contributed by atoms with Gasteiger partial charge in [-0.1, -0.05) is 103 Å². The molecule has 0 radical (unpaired) electrons. The van der Waals surface area contributed by atoms with Crippen LogP contribution in [-0.2, 0) is 19.7 Å². The molecule has 1 rings (SSSR count). The zero-order chi connectivity index (χ0) is 16.1. The molecule has 12 heteroatoms. The molecule has 4 atom stereocenters. The summed E-state index contributed by atoms with van der Waals surface area (Å²) in [6.45, 7) is 0. The summed E-state index contributed by atoms with van der Waals surface area (Å²) in [5.74, 6) is -3.13. The minimum atomic E-state index is -4.86. The second-order valence-electron chi connectivity index (χ2n) is 3.86. The molecule has 0 aromatic rings. The number of aliphatic carboxylic acids is 2. The fraction of sp³-hybridized carbons (Fsp3) is 0.500. The molecule has 0 amide bonds. The third-order valence-corrected chi connectivity index (χ3v) is 16.4. The summed E-state index contributed by atoms with van der Waals surface area (Å²) in [7, 11) is -4.86. The molecule has 114 valence electrons. The normalized spacial score (nSPS) is 41.4. The van der Waals surface area contributed by atoms with Gasteiger partial charge in [-0.2, -0.15) is 8.42 Å². The summed E-state index contributed by atoms with van der Waals surface area (Å²) in [4.78, 5) is 23.2. The van der Waals surface area contributed by atoms with E-state index in [0.29, 0.717) is 0 Å². The van der Waals surface area contributed by atoms with Crippen LogP contribution in [0.3, 0.4) is 0 Å². The highest BCUT2D eigenvalue weighted by Crippen LogP contribution is 2.60. The van der Waals surface area contributed by atoms with Crippen LogP contribution in [0.5, 0.6) is 0 Å². The van der Waals surface area contributed by atoms with Gasteiger partial charge in [-0.25, -0.2) is 0 Å². The second kappa shape index (κ2) is 5.86. The first-order chi connectivity index (χ1) is 8.76. The maximum absolute atomic E-state index is 11.8. The van der Waals surface area contributed by atoms with E-state index in [0.717, 1.165) is 6.08 Å². The number of rotatable bonds is 3. The smallest absolute Gasteiger partial charge is 0.325 e. The molecule has 0 bridgehead atoms. The van der Waals surface area contributed by atoms with Crippen LogP contribution in [0.2, 0.25) is 0 Å². The van der Waals surface area contributed by atoms with Crippen molar-refractivity contribution in [2.75, 3.05) is 0 Å². The van der Waals surface area contributed by atoms with Crippen molar-refractivity contribution in [1.29, 1.82) is 0 Å². The molecule has 0 aromatic heterocycles. The largest absolute Gasteiger partial charge is 0.480 e. The Kier molecular flexibility index (Phi) is 5.73. The van der Waals surface area contributed by atoms with Gasteiger partial charge in [0.2, 0.25) is 0 Å². The van der Waals surface area contributed by atoms with Crippen molar-refractivity contribution in [3.63, 3.8) is 0 Å². The first-order valence-corrected chi connectivity index (χ1v) is 10.5. The number of halogens is 4. The van der Waals surface area contributed by atoms with E-state index in [1.165, 1.54) is 73.8 Å². The Morgan fingerprint density at radius 2 is 1.55 bits per heavy atom. The predicted octanol–water partition coefficient (Wildman–Crippen LogP) is 1.90. The van der Waals surface area contributed by atoms with Crippen LogP contribution in [-0.4, -0.2) is 48.6 Å². The van der Waals surface area contributed by atoms with Crippen molar-refractivity contribution in [3.05, 3.63) is 12.2 Å². The monoisotopic (exact) mass is 754 g/mol. The van der Waals surface area contributed by atoms with E-state index in [1.807, 2.05) is 0 Å². The summed E-state index contributed by atoms with van der Waals surface area (Å²) in [6, 6.07) is 0. The number of carboxylic acid groups (broad SMARTS) is 2. The maximum atomic E-state index is 11.8. The Morgan fingerprint density at radius 3 is 1.85 bits per heavy atom. The molecule has 3 N–H and O–H groups in total. The van der Waals surface area contributed by atoms with Crippen molar-refractivity contribution in [2.24, 2.45) is 0 Å². The standard InChI is InChI=1S/C8H6I4O7S/c9-3-1-2-6(10,4(13)14)7(11,5(15)16)8(3,12)20(17,18)19/h1-3H,(H,13,14)(H,15,16)(H,17,18,19). The Balaban J connectivity index is 3.91. The molecule has 0 aromatic carbocycles. The fourth-order valence-electron chi connectivity index (χ4n) is 1.73. The van der Waals surface area contributed by atoms with Crippen molar-refractivity contribution in [2.45, 2.75) is 13.5 Å². The minimum Gasteiger partial charge on any atom is -0.480 e. The van der Waals surface area contributed by atoms with Gasteiger partial charge in [-0.05, 0) is 0 Å². The highest BCUT2D eigenvalue weighted by Gasteiger charge is 2.76. The fourth-order valence-corrected chi connectivity index (χ4v) is 8.94. The maximum Gasteiger partial charge on any atom is 0.325 e. The molecule has 20 heavy (non-hydrogen) atoms. The zero-order valence-electron chi connectivity index (χ0n) is 9.13. The zero-order valence-corrected chi connectivity index (χ0v) is 18.6. The third-order valence-electron chi connectivity index (χ3n) is 2.80. The molecule has 0 spiro atoms. The van der Waals surface area contributed by atoms with Gasteiger partial charge in [0.25, 0.3) is 10.1 Å². The van der Waals surface area contributed by atoms with E-state index >= 15 is 0 Å². The molecule has 1 aliphatic rings. The number of carboxylic acids is 2. The topological polar surface area (TPSA) is 129 Å². The van der Waals surface area contributed by atoms with E-state index < -0.39 is 35.6 Å². The van der Waals surface area contributed by atoms with Crippen LogP contribution >= 0.6 is 90.4 Å². The highest BCUT2D eigenvalue weighted by atomic mass is 127. The van der Waals surface area contributed by atoms with Gasteiger partial charge in [-0.15, -0.1) is 0 Å². The lowest BCUT2D eigenvalue weighted by atomic mass is 9.83. The lowest BCUT2D eigenvalue weighted by molar-refractivity contribution is -0.147. The Bertz CT molecular complexity index is 604. The van der Waals surface area contributed by atoms with Gasteiger partial charge in [0.1, 0.15) is 0 Å². The first kappa shape index (κ1) is 19.6. The summed E-state index contributed by atoms with van der Waals surface area (Å²) in [5.41, 5.74) is 0. The van der Waals surface area contributed by atoms with Gasteiger partial charge in [0, 0.05) is 0 Å². The van der Waals surface area contributed by atoms with Gasteiger partial charge in [-0.3, -0.25) is 14.1 Å². The Hall–Kier alpha value is 1.51. The third kappa shape index (κ3) is 2.42. The number of alkyl halides is 4. The van der Waals surface area contributed by atoms with Crippen LogP contribution in [0.4, 0.5) is 0 Å². The van der Waals surface area contributed by atoms with Crippen LogP contribution < -0.4 is 0 Å². The SMILES string of the molecule is O=C(O)C1(I)C=CC(I)C(I)(S(=O)(=O)O)C1(I)C(=O)O. The number of hydrogen-bond donors (Lipinski definition) is 3. The molecule has 0 fully saturated rings. The molecule has 4 unspecified atom stereocenters. The quantitative estimate of drug-likeness (QED) is 0.174. The van der Waals surface area contributed by atoms with Crippen molar-refractivity contribution in [1.82, 2.24) is 0 Å². The van der Waals surface area contributed by atoms with Gasteiger partial charge in [0.05, 0.1) is 3.92 Å². The van der Waals surface area contributed by atoms with E-state index in [4.69, 9.17) is 0 Å². The van der Waals surface area contributed by atoms with Crippen LogP contribution in [0.25, 0.3) is 0 Å². The van der Waals surface area contributed by atoms with E-state index in [2.05, 4.69) is 0 Å².